The molecule has 90 valence electrons. The van der Waals surface area contributed by atoms with Crippen molar-refractivity contribution in [3.63, 3.8) is 0 Å². The van der Waals surface area contributed by atoms with Crippen LogP contribution in [0.3, 0.4) is 0 Å². The van der Waals surface area contributed by atoms with Crippen LogP contribution in [0.4, 0.5) is 13.2 Å². The fourth-order valence-electron chi connectivity index (χ4n) is 1.14. The number of benzene rings is 1. The van der Waals surface area contributed by atoms with Gasteiger partial charge >= 0.3 is 6.18 Å². The van der Waals surface area contributed by atoms with E-state index in [-0.39, 0.29) is 10.8 Å². The molecule has 0 saturated carbocycles. The SMILES string of the molecule is C[Si](C)(C)Oc1ccc(Cl)c(C(F)(F)F)c1. The second-order valence-electron chi connectivity index (χ2n) is 4.35. The summed E-state index contributed by atoms with van der Waals surface area (Å²) in [5, 5.41) is -0.310. The quantitative estimate of drug-likeness (QED) is 0.714. The number of rotatable bonds is 2. The second-order valence-corrected chi connectivity index (χ2v) is 9.19. The molecule has 0 N–H and O–H groups in total. The summed E-state index contributed by atoms with van der Waals surface area (Å²) in [6.45, 7) is 5.69. The van der Waals surface area contributed by atoms with Gasteiger partial charge in [0.25, 0.3) is 0 Å². The van der Waals surface area contributed by atoms with Gasteiger partial charge in [-0.1, -0.05) is 11.6 Å². The molecule has 0 fully saturated rings. The molecule has 1 nitrogen and oxygen atoms in total. The van der Waals surface area contributed by atoms with Gasteiger partial charge in [0.1, 0.15) is 5.75 Å². The van der Waals surface area contributed by atoms with Gasteiger partial charge in [-0.2, -0.15) is 13.2 Å². The fourth-order valence-corrected chi connectivity index (χ4v) is 2.20. The van der Waals surface area contributed by atoms with Gasteiger partial charge in [0.2, 0.25) is 8.32 Å². The molecular weight excluding hydrogens is 257 g/mol. The van der Waals surface area contributed by atoms with E-state index in [1.165, 1.54) is 12.1 Å². The topological polar surface area (TPSA) is 9.23 Å². The maximum atomic E-state index is 12.5. The summed E-state index contributed by atoms with van der Waals surface area (Å²) in [6.07, 6.45) is -4.45. The van der Waals surface area contributed by atoms with Crippen molar-refractivity contribution in [2.24, 2.45) is 0 Å². The standard InChI is InChI=1S/C10H12ClF3OSi/c1-16(2,3)15-7-4-5-9(11)8(6-7)10(12,13)14/h4-6H,1-3H3. The summed E-state index contributed by atoms with van der Waals surface area (Å²) in [6, 6.07) is 3.61. The Morgan fingerprint density at radius 2 is 1.75 bits per heavy atom. The molecule has 16 heavy (non-hydrogen) atoms. The number of hydrogen-bond donors (Lipinski definition) is 0. The maximum absolute atomic E-state index is 12.5. The van der Waals surface area contributed by atoms with Gasteiger partial charge in [0.05, 0.1) is 10.6 Å². The van der Waals surface area contributed by atoms with Gasteiger partial charge in [-0.25, -0.2) is 0 Å². The van der Waals surface area contributed by atoms with Crippen molar-refractivity contribution >= 4 is 19.9 Å². The first-order valence-electron chi connectivity index (χ1n) is 4.65. The van der Waals surface area contributed by atoms with Crippen LogP contribution in [0, 0.1) is 0 Å². The molecule has 0 radical (unpaired) electrons. The maximum Gasteiger partial charge on any atom is 0.417 e. The van der Waals surface area contributed by atoms with Crippen molar-refractivity contribution in [1.82, 2.24) is 0 Å². The van der Waals surface area contributed by atoms with Crippen molar-refractivity contribution in [3.8, 4) is 5.75 Å². The lowest BCUT2D eigenvalue weighted by atomic mass is 10.2. The Morgan fingerprint density at radius 3 is 2.19 bits per heavy atom. The smallest absolute Gasteiger partial charge is 0.417 e. The average Bonchev–Trinajstić information content (AvgIpc) is 2.04. The van der Waals surface area contributed by atoms with E-state index in [1.807, 2.05) is 19.6 Å². The van der Waals surface area contributed by atoms with E-state index in [0.717, 1.165) is 6.07 Å². The molecule has 1 aromatic carbocycles. The van der Waals surface area contributed by atoms with E-state index in [2.05, 4.69) is 0 Å². The minimum Gasteiger partial charge on any atom is -0.544 e. The number of alkyl halides is 3. The Bertz CT molecular complexity index is 385. The van der Waals surface area contributed by atoms with E-state index in [4.69, 9.17) is 16.0 Å². The molecule has 0 aromatic heterocycles. The summed E-state index contributed by atoms with van der Waals surface area (Å²) in [7, 11) is -1.91. The van der Waals surface area contributed by atoms with Crippen molar-refractivity contribution < 1.29 is 17.6 Å². The van der Waals surface area contributed by atoms with Gasteiger partial charge in [-0.05, 0) is 37.8 Å². The van der Waals surface area contributed by atoms with Crippen LogP contribution in [0.1, 0.15) is 5.56 Å². The van der Waals surface area contributed by atoms with Gasteiger partial charge in [0.15, 0.2) is 0 Å². The Hall–Kier alpha value is -0.683. The molecule has 0 aliphatic rings. The molecule has 1 rings (SSSR count). The predicted octanol–water partition coefficient (Wildman–Crippen LogP) is 4.57. The first-order valence-corrected chi connectivity index (χ1v) is 8.44. The van der Waals surface area contributed by atoms with Crippen molar-refractivity contribution in [2.45, 2.75) is 25.8 Å². The first kappa shape index (κ1) is 13.4. The molecule has 0 aliphatic heterocycles. The molecule has 6 heteroatoms. The Kier molecular flexibility index (Phi) is 3.59. The van der Waals surface area contributed by atoms with Crippen LogP contribution in [-0.4, -0.2) is 8.32 Å². The lowest BCUT2D eigenvalue weighted by Crippen LogP contribution is -2.29. The van der Waals surface area contributed by atoms with Crippen molar-refractivity contribution in [1.29, 1.82) is 0 Å². The third-order valence-electron chi connectivity index (χ3n) is 1.67. The molecule has 1 aromatic rings. The zero-order chi connectivity index (χ0) is 12.6. The van der Waals surface area contributed by atoms with Crippen LogP contribution >= 0.6 is 11.6 Å². The third kappa shape index (κ3) is 3.72. The minimum absolute atomic E-state index is 0.218. The largest absolute Gasteiger partial charge is 0.544 e. The summed E-state index contributed by atoms with van der Waals surface area (Å²) in [5.74, 6) is 0.218. The van der Waals surface area contributed by atoms with E-state index in [0.29, 0.717) is 0 Å². The molecule has 0 aliphatic carbocycles. The van der Waals surface area contributed by atoms with E-state index in [9.17, 15) is 13.2 Å². The van der Waals surface area contributed by atoms with Crippen LogP contribution < -0.4 is 4.43 Å². The predicted molar refractivity (Wildman–Crippen MR) is 60.4 cm³/mol. The third-order valence-corrected chi connectivity index (χ3v) is 2.84. The highest BCUT2D eigenvalue weighted by Crippen LogP contribution is 2.37. The second kappa shape index (κ2) is 4.29. The van der Waals surface area contributed by atoms with E-state index < -0.39 is 20.1 Å². The molecule has 0 spiro atoms. The number of hydrogen-bond acceptors (Lipinski definition) is 1. The molecule has 0 amide bonds. The minimum atomic E-state index is -4.45. The molecule has 0 bridgehead atoms. The summed E-state index contributed by atoms with van der Waals surface area (Å²) < 4.78 is 43.1. The van der Waals surface area contributed by atoms with E-state index in [1.54, 1.807) is 0 Å². The highest BCUT2D eigenvalue weighted by Gasteiger charge is 2.33. The summed E-state index contributed by atoms with van der Waals surface area (Å²) in [5.41, 5.74) is -0.857. The fraction of sp³-hybridized carbons (Fsp3) is 0.400. The molecule has 0 atom stereocenters. The van der Waals surface area contributed by atoms with E-state index >= 15 is 0 Å². The molecule has 0 heterocycles. The Morgan fingerprint density at radius 1 is 1.19 bits per heavy atom. The zero-order valence-corrected chi connectivity index (χ0v) is 10.9. The van der Waals surface area contributed by atoms with Crippen molar-refractivity contribution in [3.05, 3.63) is 28.8 Å². The molecular formula is C10H12ClF3OSi. The zero-order valence-electron chi connectivity index (χ0n) is 9.15. The van der Waals surface area contributed by atoms with Crippen LogP contribution in [0.2, 0.25) is 24.7 Å². The van der Waals surface area contributed by atoms with Crippen LogP contribution in [-0.2, 0) is 6.18 Å². The van der Waals surface area contributed by atoms with Crippen LogP contribution in [0.5, 0.6) is 5.75 Å². The Balaban J connectivity index is 3.09. The normalized spacial score (nSPS) is 12.7. The Labute approximate surface area is 98.3 Å². The van der Waals surface area contributed by atoms with Gasteiger partial charge in [-0.15, -0.1) is 0 Å². The van der Waals surface area contributed by atoms with Crippen LogP contribution in [0.25, 0.3) is 0 Å². The first-order chi connectivity index (χ1) is 7.09. The average molecular weight is 269 g/mol. The summed E-state index contributed by atoms with van der Waals surface area (Å²) >= 11 is 5.49. The summed E-state index contributed by atoms with van der Waals surface area (Å²) in [4.78, 5) is 0. The van der Waals surface area contributed by atoms with Gasteiger partial charge < -0.3 is 4.43 Å². The molecule has 0 unspecified atom stereocenters. The van der Waals surface area contributed by atoms with Crippen molar-refractivity contribution in [2.75, 3.05) is 0 Å². The van der Waals surface area contributed by atoms with Gasteiger partial charge in [-0.3, -0.25) is 0 Å². The van der Waals surface area contributed by atoms with Gasteiger partial charge in [0, 0.05) is 0 Å². The molecule has 0 saturated heterocycles. The highest BCUT2D eigenvalue weighted by atomic mass is 35.5. The number of halogens is 4. The van der Waals surface area contributed by atoms with Crippen LogP contribution in [0.15, 0.2) is 18.2 Å². The highest BCUT2D eigenvalue weighted by molar-refractivity contribution is 6.70. The monoisotopic (exact) mass is 268 g/mol. The lowest BCUT2D eigenvalue weighted by Gasteiger charge is -2.20. The lowest BCUT2D eigenvalue weighted by molar-refractivity contribution is -0.137.